The molecule has 17 heavy (non-hydrogen) atoms. The zero-order valence-electron chi connectivity index (χ0n) is 9.77. The highest BCUT2D eigenvalue weighted by molar-refractivity contribution is 7.09. The van der Waals surface area contributed by atoms with Crippen LogP contribution in [-0.4, -0.2) is 17.4 Å². The lowest BCUT2D eigenvalue weighted by Crippen LogP contribution is -2.24. The molecule has 0 aliphatic carbocycles. The second-order valence-corrected chi connectivity index (χ2v) is 4.62. The van der Waals surface area contributed by atoms with Crippen molar-refractivity contribution in [1.82, 2.24) is 10.3 Å². The Bertz CT molecular complexity index is 408. The second kappa shape index (κ2) is 6.99. The summed E-state index contributed by atoms with van der Waals surface area (Å²) in [6, 6.07) is 1.92. The highest BCUT2D eigenvalue weighted by Gasteiger charge is 2.11. The van der Waals surface area contributed by atoms with Gasteiger partial charge >= 0.3 is 0 Å². The van der Waals surface area contributed by atoms with Crippen LogP contribution in [0.2, 0.25) is 0 Å². The molecule has 0 aliphatic rings. The predicted molar refractivity (Wildman–Crippen MR) is 66.5 cm³/mol. The van der Waals surface area contributed by atoms with E-state index in [0.29, 0.717) is 18.7 Å². The Morgan fingerprint density at radius 3 is 3.06 bits per heavy atom. The minimum atomic E-state index is -0.176. The zero-order valence-corrected chi connectivity index (χ0v) is 10.6. The Kier molecular flexibility index (Phi) is 5.60. The molecule has 0 fully saturated rings. The summed E-state index contributed by atoms with van der Waals surface area (Å²) in [5, 5.41) is 13.6. The summed E-state index contributed by atoms with van der Waals surface area (Å²) in [6.45, 7) is 2.41. The number of hydrogen-bond donors (Lipinski definition) is 2. The average molecular weight is 252 g/mol. The first kappa shape index (κ1) is 13.6. The first-order valence-electron chi connectivity index (χ1n) is 5.51. The molecule has 0 aliphatic heterocycles. The third-order valence-electron chi connectivity index (χ3n) is 2.15. The molecule has 1 amide bonds. The van der Waals surface area contributed by atoms with Gasteiger partial charge in [0.2, 0.25) is 0 Å². The second-order valence-electron chi connectivity index (χ2n) is 3.73. The number of carbonyl (C=O) groups is 1. The van der Waals surface area contributed by atoms with Gasteiger partial charge in [-0.25, -0.2) is 4.98 Å². The number of nitrogens with zero attached hydrogens (tertiary/aromatic N) is 2. The lowest BCUT2D eigenvalue weighted by molar-refractivity contribution is 0.0948. The minimum Gasteiger partial charge on any atom is -0.351 e. The number of nitrogens with two attached hydrogens (primary N) is 1. The van der Waals surface area contributed by atoms with Gasteiger partial charge in [0.25, 0.3) is 5.91 Å². The third-order valence-corrected chi connectivity index (χ3v) is 3.19. The highest BCUT2D eigenvalue weighted by Crippen LogP contribution is 2.15. The molecule has 1 aromatic heterocycles. The van der Waals surface area contributed by atoms with Gasteiger partial charge in [-0.1, -0.05) is 0 Å². The Labute approximate surface area is 105 Å². The van der Waals surface area contributed by atoms with E-state index in [4.69, 9.17) is 11.0 Å². The van der Waals surface area contributed by atoms with Crippen molar-refractivity contribution in [3.8, 4) is 6.07 Å². The SMILES string of the molecule is CC(N)c1nc(C(=O)NCCCCC#N)cs1. The fourth-order valence-corrected chi connectivity index (χ4v) is 1.98. The molecular weight excluding hydrogens is 236 g/mol. The van der Waals surface area contributed by atoms with Gasteiger partial charge in [-0.3, -0.25) is 4.79 Å². The van der Waals surface area contributed by atoms with Gasteiger partial charge < -0.3 is 11.1 Å². The van der Waals surface area contributed by atoms with Crippen molar-refractivity contribution in [2.75, 3.05) is 6.54 Å². The van der Waals surface area contributed by atoms with E-state index in [1.165, 1.54) is 11.3 Å². The fraction of sp³-hybridized carbons (Fsp3) is 0.545. The first-order chi connectivity index (χ1) is 8.15. The van der Waals surface area contributed by atoms with Crippen LogP contribution in [0.25, 0.3) is 0 Å². The number of unbranched alkanes of at least 4 members (excludes halogenated alkanes) is 2. The van der Waals surface area contributed by atoms with Crippen molar-refractivity contribution in [2.45, 2.75) is 32.2 Å². The molecule has 0 saturated heterocycles. The molecule has 3 N–H and O–H groups in total. The van der Waals surface area contributed by atoms with Gasteiger partial charge in [0.15, 0.2) is 0 Å². The summed E-state index contributed by atoms with van der Waals surface area (Å²) in [5.74, 6) is -0.176. The zero-order chi connectivity index (χ0) is 12.7. The molecule has 0 radical (unpaired) electrons. The Morgan fingerprint density at radius 2 is 2.47 bits per heavy atom. The lowest BCUT2D eigenvalue weighted by atomic mass is 10.2. The predicted octanol–water partition coefficient (Wildman–Crippen LogP) is 1.59. The van der Waals surface area contributed by atoms with E-state index in [9.17, 15) is 4.79 Å². The van der Waals surface area contributed by atoms with Crippen LogP contribution in [0.15, 0.2) is 5.38 Å². The maximum absolute atomic E-state index is 11.6. The van der Waals surface area contributed by atoms with Gasteiger partial charge in [-0.15, -0.1) is 11.3 Å². The summed E-state index contributed by atoms with van der Waals surface area (Å²) in [6.07, 6.45) is 2.14. The van der Waals surface area contributed by atoms with Crippen LogP contribution in [0.5, 0.6) is 0 Å². The van der Waals surface area contributed by atoms with Crippen molar-refractivity contribution in [3.63, 3.8) is 0 Å². The number of carbonyl (C=O) groups excluding carboxylic acids is 1. The Hall–Kier alpha value is -1.45. The largest absolute Gasteiger partial charge is 0.351 e. The van der Waals surface area contributed by atoms with Crippen molar-refractivity contribution in [3.05, 3.63) is 16.1 Å². The minimum absolute atomic E-state index is 0.142. The van der Waals surface area contributed by atoms with Crippen LogP contribution in [0.1, 0.15) is 47.7 Å². The number of hydrogen-bond acceptors (Lipinski definition) is 5. The quantitative estimate of drug-likeness (QED) is 0.752. The van der Waals surface area contributed by atoms with Crippen LogP contribution in [-0.2, 0) is 0 Å². The monoisotopic (exact) mass is 252 g/mol. The molecule has 92 valence electrons. The molecule has 0 bridgehead atoms. The lowest BCUT2D eigenvalue weighted by Gasteiger charge is -2.01. The molecule has 0 spiro atoms. The molecule has 1 heterocycles. The van der Waals surface area contributed by atoms with E-state index < -0.39 is 0 Å². The molecule has 1 rings (SSSR count). The Balaban J connectivity index is 2.34. The van der Waals surface area contributed by atoms with Crippen LogP contribution in [0, 0.1) is 11.3 Å². The van der Waals surface area contributed by atoms with Crippen molar-refractivity contribution < 1.29 is 4.79 Å². The first-order valence-corrected chi connectivity index (χ1v) is 6.39. The van der Waals surface area contributed by atoms with Gasteiger partial charge in [0.1, 0.15) is 10.7 Å². The number of amides is 1. The highest BCUT2D eigenvalue weighted by atomic mass is 32.1. The fourth-order valence-electron chi connectivity index (χ4n) is 1.22. The number of nitriles is 1. The molecule has 1 aromatic rings. The maximum Gasteiger partial charge on any atom is 0.270 e. The summed E-state index contributed by atoms with van der Waals surface area (Å²) in [4.78, 5) is 15.8. The number of rotatable bonds is 6. The van der Waals surface area contributed by atoms with E-state index in [1.54, 1.807) is 5.38 Å². The van der Waals surface area contributed by atoms with Crippen LogP contribution in [0.4, 0.5) is 0 Å². The van der Waals surface area contributed by atoms with E-state index in [2.05, 4.69) is 16.4 Å². The van der Waals surface area contributed by atoms with Gasteiger partial charge in [0.05, 0.1) is 12.1 Å². The molecule has 6 heteroatoms. The van der Waals surface area contributed by atoms with Crippen molar-refractivity contribution in [2.24, 2.45) is 5.73 Å². The smallest absolute Gasteiger partial charge is 0.270 e. The van der Waals surface area contributed by atoms with Crippen molar-refractivity contribution >= 4 is 17.2 Å². The van der Waals surface area contributed by atoms with E-state index in [-0.39, 0.29) is 11.9 Å². The topological polar surface area (TPSA) is 91.8 Å². The standard InChI is InChI=1S/C11H16N4OS/c1-8(13)11-15-9(7-17-11)10(16)14-6-4-2-3-5-12/h7-8H,2-4,6,13H2,1H3,(H,14,16). The number of thiazole rings is 1. The summed E-state index contributed by atoms with van der Waals surface area (Å²) < 4.78 is 0. The molecule has 0 aromatic carbocycles. The van der Waals surface area contributed by atoms with Gasteiger partial charge in [-0.05, 0) is 19.8 Å². The summed E-state index contributed by atoms with van der Waals surface area (Å²) in [7, 11) is 0. The molecule has 5 nitrogen and oxygen atoms in total. The van der Waals surface area contributed by atoms with E-state index in [0.717, 1.165) is 17.8 Å². The van der Waals surface area contributed by atoms with E-state index in [1.807, 2.05) is 6.92 Å². The van der Waals surface area contributed by atoms with E-state index >= 15 is 0 Å². The molecular formula is C11H16N4OS. The molecule has 1 unspecified atom stereocenters. The number of nitrogens with one attached hydrogen (secondary N) is 1. The molecule has 1 atom stereocenters. The maximum atomic E-state index is 11.6. The molecule has 0 saturated carbocycles. The van der Waals surface area contributed by atoms with Gasteiger partial charge in [0, 0.05) is 18.3 Å². The van der Waals surface area contributed by atoms with Crippen LogP contribution in [0.3, 0.4) is 0 Å². The van der Waals surface area contributed by atoms with Gasteiger partial charge in [-0.2, -0.15) is 5.26 Å². The van der Waals surface area contributed by atoms with Crippen LogP contribution >= 0.6 is 11.3 Å². The average Bonchev–Trinajstić information content (AvgIpc) is 2.78. The third kappa shape index (κ3) is 4.51. The Morgan fingerprint density at radius 1 is 1.71 bits per heavy atom. The number of aromatic nitrogens is 1. The van der Waals surface area contributed by atoms with Crippen molar-refractivity contribution in [1.29, 1.82) is 5.26 Å². The van der Waals surface area contributed by atoms with Crippen LogP contribution < -0.4 is 11.1 Å². The summed E-state index contributed by atoms with van der Waals surface area (Å²) in [5.41, 5.74) is 6.09. The normalized spacial score (nSPS) is 11.8. The summed E-state index contributed by atoms with van der Waals surface area (Å²) >= 11 is 1.39.